The summed E-state index contributed by atoms with van der Waals surface area (Å²) in [5.41, 5.74) is 2.07. The van der Waals surface area contributed by atoms with Crippen molar-refractivity contribution in [3.05, 3.63) is 77.9 Å². The second kappa shape index (κ2) is 8.27. The molecule has 1 fully saturated rings. The van der Waals surface area contributed by atoms with Gasteiger partial charge in [0.15, 0.2) is 5.17 Å². The lowest BCUT2D eigenvalue weighted by Crippen LogP contribution is -2.25. The minimum absolute atomic E-state index is 0.0417. The Morgan fingerprint density at radius 1 is 1.07 bits per heavy atom. The quantitative estimate of drug-likeness (QED) is 0.530. The number of carbonyl (C=O) groups excluding carboxylic acids is 1. The van der Waals surface area contributed by atoms with Gasteiger partial charge in [0.1, 0.15) is 5.75 Å². The van der Waals surface area contributed by atoms with Crippen LogP contribution in [0.3, 0.4) is 0 Å². The lowest BCUT2D eigenvalue weighted by Gasteiger charge is -2.06. The van der Waals surface area contributed by atoms with Crippen molar-refractivity contribution in [1.82, 2.24) is 5.32 Å². The van der Waals surface area contributed by atoms with E-state index in [0.717, 1.165) is 27.6 Å². The smallest absolute Gasteiger partial charge is 0.239 e. The Hall–Kier alpha value is -3.12. The molecule has 0 aliphatic carbocycles. The van der Waals surface area contributed by atoms with Crippen molar-refractivity contribution in [3.63, 3.8) is 0 Å². The Balaban J connectivity index is 1.44. The lowest BCUT2D eigenvalue weighted by atomic mass is 10.1. The maximum Gasteiger partial charge on any atom is 0.239 e. The molecule has 0 saturated carbocycles. The van der Waals surface area contributed by atoms with Crippen LogP contribution in [-0.4, -0.2) is 29.6 Å². The summed E-state index contributed by atoms with van der Waals surface area (Å²) >= 11 is 1.41. The number of fused-ring (bicyclic) bond motifs is 1. The molecule has 1 heterocycles. The van der Waals surface area contributed by atoms with Crippen LogP contribution in [0.15, 0.2) is 76.9 Å². The summed E-state index contributed by atoms with van der Waals surface area (Å²) in [6.45, 7) is 0. The molecule has 1 N–H and O–H groups in total. The van der Waals surface area contributed by atoms with E-state index in [4.69, 9.17) is 4.74 Å². The molecule has 4 rings (SSSR count). The zero-order valence-electron chi connectivity index (χ0n) is 15.3. The minimum Gasteiger partial charge on any atom is -0.497 e. The molecule has 3 aromatic carbocycles. The topological polar surface area (TPSA) is 63.1 Å². The van der Waals surface area contributed by atoms with Gasteiger partial charge in [-0.15, -0.1) is 5.10 Å². The average Bonchev–Trinajstić information content (AvgIpc) is 3.08. The summed E-state index contributed by atoms with van der Waals surface area (Å²) in [5, 5.41) is 13.8. The molecule has 28 heavy (non-hydrogen) atoms. The summed E-state index contributed by atoms with van der Waals surface area (Å²) < 4.78 is 5.17. The molecule has 0 radical (unpaired) electrons. The van der Waals surface area contributed by atoms with Crippen LogP contribution in [0.5, 0.6) is 5.75 Å². The molecule has 5 nitrogen and oxygen atoms in total. The third kappa shape index (κ3) is 4.07. The fraction of sp³-hybridized carbons (Fsp3) is 0.136. The lowest BCUT2D eigenvalue weighted by molar-refractivity contribution is -0.118. The van der Waals surface area contributed by atoms with E-state index in [2.05, 4.69) is 33.7 Å². The van der Waals surface area contributed by atoms with E-state index in [0.29, 0.717) is 11.6 Å². The van der Waals surface area contributed by atoms with Crippen LogP contribution >= 0.6 is 11.8 Å². The molecule has 1 aliphatic rings. The molecule has 0 spiro atoms. The fourth-order valence-corrected chi connectivity index (χ4v) is 4.03. The van der Waals surface area contributed by atoms with Crippen molar-refractivity contribution in [2.24, 2.45) is 10.2 Å². The van der Waals surface area contributed by atoms with Crippen molar-refractivity contribution in [2.45, 2.75) is 11.7 Å². The number of amidine groups is 1. The van der Waals surface area contributed by atoms with E-state index in [1.807, 2.05) is 48.5 Å². The number of carbonyl (C=O) groups is 1. The predicted octanol–water partition coefficient (Wildman–Crippen LogP) is 4.01. The van der Waals surface area contributed by atoms with Gasteiger partial charge in [0.25, 0.3) is 0 Å². The summed E-state index contributed by atoms with van der Waals surface area (Å²) in [4.78, 5) is 12.2. The van der Waals surface area contributed by atoms with Crippen molar-refractivity contribution >= 4 is 39.8 Å². The standard InChI is InChI=1S/C22H19N3O2S/c1-27-18-11-9-15(10-12-18)13-20-21(26)24-22(28-20)25-23-14-17-7-4-6-16-5-2-3-8-19(16)17/h2-12,14,20H,13H2,1H3,(H,24,25,26)/b23-14-/t20-/m1/s1. The number of hydrogen-bond donors (Lipinski definition) is 1. The summed E-state index contributed by atoms with van der Waals surface area (Å²) in [7, 11) is 1.64. The second-order valence-electron chi connectivity index (χ2n) is 6.37. The van der Waals surface area contributed by atoms with E-state index in [9.17, 15) is 4.79 Å². The molecule has 0 unspecified atom stereocenters. The maximum atomic E-state index is 12.2. The number of rotatable bonds is 5. The second-order valence-corrected chi connectivity index (χ2v) is 7.56. The van der Waals surface area contributed by atoms with Gasteiger partial charge >= 0.3 is 0 Å². The Labute approximate surface area is 167 Å². The van der Waals surface area contributed by atoms with Gasteiger partial charge in [0.05, 0.1) is 18.6 Å². The Morgan fingerprint density at radius 3 is 2.68 bits per heavy atom. The first-order valence-electron chi connectivity index (χ1n) is 8.92. The van der Waals surface area contributed by atoms with E-state index in [1.165, 1.54) is 11.8 Å². The molecule has 6 heteroatoms. The van der Waals surface area contributed by atoms with Gasteiger partial charge in [0, 0.05) is 5.56 Å². The number of amides is 1. The molecule has 1 saturated heterocycles. The average molecular weight is 389 g/mol. The van der Waals surface area contributed by atoms with Gasteiger partial charge < -0.3 is 10.1 Å². The number of nitrogens with zero attached hydrogens (tertiary/aromatic N) is 2. The van der Waals surface area contributed by atoms with Crippen LogP contribution in [0.2, 0.25) is 0 Å². The molecular weight excluding hydrogens is 370 g/mol. The number of hydrogen-bond acceptors (Lipinski definition) is 5. The van der Waals surface area contributed by atoms with Crippen molar-refractivity contribution in [1.29, 1.82) is 0 Å². The number of ether oxygens (including phenoxy) is 1. The monoisotopic (exact) mass is 389 g/mol. The summed E-state index contributed by atoms with van der Waals surface area (Å²) in [6, 6.07) is 21.9. The summed E-state index contributed by atoms with van der Waals surface area (Å²) in [5.74, 6) is 0.761. The van der Waals surface area contributed by atoms with E-state index >= 15 is 0 Å². The molecule has 1 atom stereocenters. The maximum absolute atomic E-state index is 12.2. The van der Waals surface area contributed by atoms with Gasteiger partial charge in [-0.05, 0) is 34.9 Å². The van der Waals surface area contributed by atoms with Gasteiger partial charge in [-0.3, -0.25) is 4.79 Å². The van der Waals surface area contributed by atoms with Crippen LogP contribution in [0.4, 0.5) is 0 Å². The molecule has 0 bridgehead atoms. The van der Waals surface area contributed by atoms with Gasteiger partial charge in [-0.1, -0.05) is 66.4 Å². The van der Waals surface area contributed by atoms with Crippen LogP contribution in [0.1, 0.15) is 11.1 Å². The largest absolute Gasteiger partial charge is 0.497 e. The molecule has 1 aliphatic heterocycles. The van der Waals surface area contributed by atoms with E-state index < -0.39 is 0 Å². The number of nitrogens with one attached hydrogen (secondary N) is 1. The van der Waals surface area contributed by atoms with E-state index in [-0.39, 0.29) is 11.2 Å². The fourth-order valence-electron chi connectivity index (χ4n) is 3.07. The molecule has 140 valence electrons. The highest BCUT2D eigenvalue weighted by Gasteiger charge is 2.30. The van der Waals surface area contributed by atoms with Crippen LogP contribution < -0.4 is 10.1 Å². The normalized spacial score (nSPS) is 18.1. The minimum atomic E-state index is -0.208. The molecular formula is C22H19N3O2S. The number of benzene rings is 3. The van der Waals surface area contributed by atoms with Gasteiger partial charge in [-0.2, -0.15) is 5.10 Å². The van der Waals surface area contributed by atoms with Crippen LogP contribution in [-0.2, 0) is 11.2 Å². The highest BCUT2D eigenvalue weighted by atomic mass is 32.2. The molecule has 0 aromatic heterocycles. The predicted molar refractivity (Wildman–Crippen MR) is 115 cm³/mol. The zero-order valence-corrected chi connectivity index (χ0v) is 16.1. The Kier molecular flexibility index (Phi) is 5.39. The van der Waals surface area contributed by atoms with E-state index in [1.54, 1.807) is 13.3 Å². The Bertz CT molecular complexity index is 1060. The van der Waals surface area contributed by atoms with Crippen molar-refractivity contribution in [2.75, 3.05) is 7.11 Å². The third-order valence-electron chi connectivity index (χ3n) is 4.53. The SMILES string of the molecule is COc1ccc(C[C@H]2S/C(=N\N=C/c3cccc4ccccc34)NC2=O)cc1. The number of methoxy groups -OCH3 is 1. The Morgan fingerprint density at radius 2 is 1.86 bits per heavy atom. The van der Waals surface area contributed by atoms with Crippen LogP contribution in [0.25, 0.3) is 10.8 Å². The van der Waals surface area contributed by atoms with Crippen LogP contribution in [0, 0.1) is 0 Å². The van der Waals surface area contributed by atoms with Crippen molar-refractivity contribution in [3.8, 4) is 5.75 Å². The number of thioether (sulfide) groups is 1. The first-order chi connectivity index (χ1) is 13.7. The molecule has 3 aromatic rings. The third-order valence-corrected chi connectivity index (χ3v) is 5.60. The first kappa shape index (κ1) is 18.3. The highest BCUT2D eigenvalue weighted by molar-refractivity contribution is 8.15. The van der Waals surface area contributed by atoms with Gasteiger partial charge in [-0.25, -0.2) is 0 Å². The first-order valence-corrected chi connectivity index (χ1v) is 9.80. The molecule has 1 amide bonds. The zero-order chi connectivity index (χ0) is 19.3. The van der Waals surface area contributed by atoms with Crippen molar-refractivity contribution < 1.29 is 9.53 Å². The van der Waals surface area contributed by atoms with Gasteiger partial charge in [0.2, 0.25) is 5.91 Å². The summed E-state index contributed by atoms with van der Waals surface area (Å²) in [6.07, 6.45) is 2.35. The highest BCUT2D eigenvalue weighted by Crippen LogP contribution is 2.24.